The molecule has 0 saturated heterocycles. The highest BCUT2D eigenvalue weighted by Gasteiger charge is 2.35. The Kier molecular flexibility index (Phi) is 3.41. The summed E-state index contributed by atoms with van der Waals surface area (Å²) in [5.74, 6) is 0.988. The van der Waals surface area contributed by atoms with E-state index in [0.29, 0.717) is 6.04 Å². The predicted molar refractivity (Wildman–Crippen MR) is 71.0 cm³/mol. The average molecular weight is 238 g/mol. The summed E-state index contributed by atoms with van der Waals surface area (Å²) >= 11 is 2.02. The Morgan fingerprint density at radius 2 is 1.75 bits per heavy atom. The Balaban J connectivity index is 1.46. The molecule has 3 aliphatic rings. The van der Waals surface area contributed by atoms with Crippen LogP contribution in [0.15, 0.2) is 4.99 Å². The second kappa shape index (κ2) is 4.99. The first kappa shape index (κ1) is 10.9. The molecule has 3 rings (SSSR count). The highest BCUT2D eigenvalue weighted by atomic mass is 32.2. The summed E-state index contributed by atoms with van der Waals surface area (Å²) in [7, 11) is 0. The highest BCUT2D eigenvalue weighted by molar-refractivity contribution is 8.14. The second-order valence-electron chi connectivity index (χ2n) is 5.47. The zero-order valence-corrected chi connectivity index (χ0v) is 10.8. The van der Waals surface area contributed by atoms with Gasteiger partial charge in [0.25, 0.3) is 0 Å². The summed E-state index contributed by atoms with van der Waals surface area (Å²) in [6.07, 6.45) is 11.3. The first-order valence-corrected chi connectivity index (χ1v) is 7.77. The van der Waals surface area contributed by atoms with E-state index in [1.165, 1.54) is 56.5 Å². The molecule has 0 aromatic rings. The van der Waals surface area contributed by atoms with Crippen molar-refractivity contribution in [3.05, 3.63) is 0 Å². The third-order valence-electron chi connectivity index (χ3n) is 4.01. The van der Waals surface area contributed by atoms with Gasteiger partial charge in [-0.05, 0) is 31.6 Å². The van der Waals surface area contributed by atoms with Crippen LogP contribution in [0.1, 0.15) is 51.4 Å². The zero-order chi connectivity index (χ0) is 10.8. The molecule has 16 heavy (non-hydrogen) atoms. The van der Waals surface area contributed by atoms with Gasteiger partial charge in [-0.3, -0.25) is 4.99 Å². The van der Waals surface area contributed by atoms with E-state index in [4.69, 9.17) is 0 Å². The van der Waals surface area contributed by atoms with E-state index in [2.05, 4.69) is 10.3 Å². The van der Waals surface area contributed by atoms with Crippen LogP contribution in [0.5, 0.6) is 0 Å². The summed E-state index contributed by atoms with van der Waals surface area (Å²) < 4.78 is 0. The van der Waals surface area contributed by atoms with Gasteiger partial charge in [-0.2, -0.15) is 0 Å². The van der Waals surface area contributed by atoms with Crippen molar-refractivity contribution in [2.75, 3.05) is 6.54 Å². The molecule has 2 fully saturated rings. The highest BCUT2D eigenvalue weighted by Crippen LogP contribution is 2.41. The summed E-state index contributed by atoms with van der Waals surface area (Å²) in [6.45, 7) is 1.07. The molecule has 0 aromatic heterocycles. The van der Waals surface area contributed by atoms with Gasteiger partial charge in [-0.1, -0.05) is 37.4 Å². The van der Waals surface area contributed by atoms with Crippen LogP contribution in [0.25, 0.3) is 0 Å². The van der Waals surface area contributed by atoms with Crippen molar-refractivity contribution in [2.45, 2.75) is 62.7 Å². The topological polar surface area (TPSA) is 24.4 Å². The smallest absolute Gasteiger partial charge is 0.157 e. The lowest BCUT2D eigenvalue weighted by Crippen LogP contribution is -2.32. The number of hydrogen-bond donors (Lipinski definition) is 1. The molecule has 2 saturated carbocycles. The molecule has 3 heteroatoms. The van der Waals surface area contributed by atoms with Crippen LogP contribution in [0.3, 0.4) is 0 Å². The number of hydrogen-bond acceptors (Lipinski definition) is 3. The number of nitrogens with zero attached hydrogens (tertiary/aromatic N) is 1. The fraction of sp³-hybridized carbons (Fsp3) is 0.923. The second-order valence-corrected chi connectivity index (χ2v) is 6.70. The Bertz CT molecular complexity index is 265. The van der Waals surface area contributed by atoms with Crippen molar-refractivity contribution < 1.29 is 0 Å². The van der Waals surface area contributed by atoms with Gasteiger partial charge in [-0.25, -0.2) is 0 Å². The molecular weight excluding hydrogens is 216 g/mol. The maximum Gasteiger partial charge on any atom is 0.157 e. The molecule has 1 atom stereocenters. The normalized spacial score (nSPS) is 32.2. The predicted octanol–water partition coefficient (Wildman–Crippen LogP) is 3.18. The molecule has 2 aliphatic carbocycles. The van der Waals surface area contributed by atoms with E-state index in [9.17, 15) is 0 Å². The molecule has 0 bridgehead atoms. The van der Waals surface area contributed by atoms with Gasteiger partial charge in [0.15, 0.2) is 5.17 Å². The lowest BCUT2D eigenvalue weighted by molar-refractivity contribution is 0.536. The Morgan fingerprint density at radius 1 is 1.00 bits per heavy atom. The van der Waals surface area contributed by atoms with Crippen LogP contribution < -0.4 is 5.32 Å². The standard InChI is InChI=1S/C13H22N2S/c1-2-4-6-11(5-3-1)15-13-14-9-12(16-13)10-7-8-10/h10-12H,1-9H2,(H,14,15). The fourth-order valence-corrected chi connectivity index (χ4v) is 4.07. The minimum atomic E-state index is 0.715. The van der Waals surface area contributed by atoms with Crippen LogP contribution in [0.4, 0.5) is 0 Å². The number of rotatable bonds is 2. The van der Waals surface area contributed by atoms with Gasteiger partial charge in [0.05, 0.1) is 6.54 Å². The van der Waals surface area contributed by atoms with Gasteiger partial charge >= 0.3 is 0 Å². The van der Waals surface area contributed by atoms with E-state index in [-0.39, 0.29) is 0 Å². The summed E-state index contributed by atoms with van der Waals surface area (Å²) in [6, 6.07) is 0.715. The van der Waals surface area contributed by atoms with Crippen LogP contribution in [-0.4, -0.2) is 23.0 Å². The molecular formula is C13H22N2S. The quantitative estimate of drug-likeness (QED) is 0.747. The van der Waals surface area contributed by atoms with Gasteiger partial charge < -0.3 is 5.32 Å². The van der Waals surface area contributed by atoms with E-state index in [1.807, 2.05) is 11.8 Å². The van der Waals surface area contributed by atoms with Gasteiger partial charge in [0.2, 0.25) is 0 Å². The van der Waals surface area contributed by atoms with E-state index in [0.717, 1.165) is 17.7 Å². The van der Waals surface area contributed by atoms with Gasteiger partial charge in [-0.15, -0.1) is 0 Å². The van der Waals surface area contributed by atoms with Crippen molar-refractivity contribution in [2.24, 2.45) is 10.9 Å². The number of aliphatic imine (C=N–C) groups is 1. The maximum absolute atomic E-state index is 4.67. The largest absolute Gasteiger partial charge is 0.362 e. The van der Waals surface area contributed by atoms with Crippen molar-refractivity contribution in [3.63, 3.8) is 0 Å². The average Bonchev–Trinajstić information content (AvgIpc) is 3.07. The molecule has 0 amide bonds. The maximum atomic E-state index is 4.67. The fourth-order valence-electron chi connectivity index (χ4n) is 2.78. The summed E-state index contributed by atoms with van der Waals surface area (Å²) in [5.41, 5.74) is 0. The lowest BCUT2D eigenvalue weighted by Gasteiger charge is -2.17. The van der Waals surface area contributed by atoms with Crippen molar-refractivity contribution in [1.29, 1.82) is 0 Å². The van der Waals surface area contributed by atoms with E-state index >= 15 is 0 Å². The Labute approximate surface area is 103 Å². The monoisotopic (exact) mass is 238 g/mol. The molecule has 0 radical (unpaired) electrons. The molecule has 1 unspecified atom stereocenters. The number of amidine groups is 1. The molecule has 1 aliphatic heterocycles. The SMILES string of the molecule is C1CCCC(NC2=NCC(C3CC3)S2)CC1. The van der Waals surface area contributed by atoms with Crippen LogP contribution in [0, 0.1) is 5.92 Å². The van der Waals surface area contributed by atoms with Crippen LogP contribution in [-0.2, 0) is 0 Å². The Morgan fingerprint density at radius 3 is 2.44 bits per heavy atom. The molecule has 0 aromatic carbocycles. The first-order valence-electron chi connectivity index (χ1n) is 6.89. The minimum Gasteiger partial charge on any atom is -0.362 e. The summed E-state index contributed by atoms with van der Waals surface area (Å²) in [5, 5.41) is 5.75. The first-order chi connectivity index (χ1) is 7.92. The van der Waals surface area contributed by atoms with Crippen molar-refractivity contribution >= 4 is 16.9 Å². The van der Waals surface area contributed by atoms with Crippen LogP contribution >= 0.6 is 11.8 Å². The van der Waals surface area contributed by atoms with E-state index in [1.54, 1.807) is 0 Å². The third kappa shape index (κ3) is 2.73. The number of thioether (sulfide) groups is 1. The van der Waals surface area contributed by atoms with E-state index < -0.39 is 0 Å². The molecule has 0 spiro atoms. The molecule has 90 valence electrons. The third-order valence-corrected chi connectivity index (χ3v) is 5.32. The lowest BCUT2D eigenvalue weighted by atomic mass is 10.1. The molecule has 1 heterocycles. The van der Waals surface area contributed by atoms with Crippen molar-refractivity contribution in [3.8, 4) is 0 Å². The minimum absolute atomic E-state index is 0.715. The number of nitrogens with one attached hydrogen (secondary N) is 1. The van der Waals surface area contributed by atoms with Crippen molar-refractivity contribution in [1.82, 2.24) is 5.32 Å². The van der Waals surface area contributed by atoms with Crippen LogP contribution in [0.2, 0.25) is 0 Å². The van der Waals surface area contributed by atoms with Gasteiger partial charge in [0.1, 0.15) is 0 Å². The summed E-state index contributed by atoms with van der Waals surface area (Å²) in [4.78, 5) is 4.67. The zero-order valence-electron chi connectivity index (χ0n) is 9.95. The molecule has 1 N–H and O–H groups in total. The Hall–Kier alpha value is -0.180. The van der Waals surface area contributed by atoms with Gasteiger partial charge in [0, 0.05) is 11.3 Å². The molecule has 2 nitrogen and oxygen atoms in total.